The van der Waals surface area contributed by atoms with Crippen LogP contribution in [-0.2, 0) is 15.7 Å². The highest BCUT2D eigenvalue weighted by atomic mass is 19.4. The summed E-state index contributed by atoms with van der Waals surface area (Å²) in [7, 11) is 0. The number of hydrogen-bond donors (Lipinski definition) is 0. The highest BCUT2D eigenvalue weighted by molar-refractivity contribution is 5.87. The van der Waals surface area contributed by atoms with Crippen molar-refractivity contribution in [3.63, 3.8) is 0 Å². The summed E-state index contributed by atoms with van der Waals surface area (Å²) in [6.45, 7) is 1.88. The molecule has 92 valence electrons. The van der Waals surface area contributed by atoms with E-state index in [-0.39, 0.29) is 6.61 Å². The van der Waals surface area contributed by atoms with Crippen LogP contribution < -0.4 is 0 Å². The van der Waals surface area contributed by atoms with Gasteiger partial charge in [0, 0.05) is 6.08 Å². The molecular formula is C12H11F3O2. The number of esters is 1. The second-order valence-electron chi connectivity index (χ2n) is 3.21. The first-order valence-electron chi connectivity index (χ1n) is 4.95. The standard InChI is InChI=1S/C12H11F3O2/c1-2-17-11(16)7-6-9-4-3-5-10(8-9)12(13,14)15/h3-8H,2H2,1H3/b7-6+. The van der Waals surface area contributed by atoms with Crippen molar-refractivity contribution in [1.82, 2.24) is 0 Å². The third kappa shape index (κ3) is 4.30. The van der Waals surface area contributed by atoms with Crippen molar-refractivity contribution < 1.29 is 22.7 Å². The van der Waals surface area contributed by atoms with Crippen LogP contribution in [0.3, 0.4) is 0 Å². The van der Waals surface area contributed by atoms with Crippen LogP contribution in [0.1, 0.15) is 18.1 Å². The molecule has 1 aromatic rings. The Kier molecular flexibility index (Phi) is 4.31. The molecule has 0 aromatic heterocycles. The van der Waals surface area contributed by atoms with Gasteiger partial charge in [-0.3, -0.25) is 0 Å². The fraction of sp³-hybridized carbons (Fsp3) is 0.250. The van der Waals surface area contributed by atoms with E-state index in [0.717, 1.165) is 18.2 Å². The zero-order chi connectivity index (χ0) is 12.9. The molecule has 0 N–H and O–H groups in total. The molecule has 0 saturated carbocycles. The summed E-state index contributed by atoms with van der Waals surface area (Å²) in [6, 6.07) is 4.70. The molecule has 0 atom stereocenters. The number of carbonyl (C=O) groups is 1. The Morgan fingerprint density at radius 1 is 1.41 bits per heavy atom. The summed E-state index contributed by atoms with van der Waals surface area (Å²) >= 11 is 0. The number of benzene rings is 1. The molecule has 0 amide bonds. The summed E-state index contributed by atoms with van der Waals surface area (Å²) in [5.41, 5.74) is -0.448. The van der Waals surface area contributed by atoms with Crippen LogP contribution in [-0.4, -0.2) is 12.6 Å². The van der Waals surface area contributed by atoms with Gasteiger partial charge < -0.3 is 4.74 Å². The Morgan fingerprint density at radius 2 is 2.12 bits per heavy atom. The molecule has 1 rings (SSSR count). The smallest absolute Gasteiger partial charge is 0.416 e. The largest absolute Gasteiger partial charge is 0.463 e. The number of rotatable bonds is 3. The maximum Gasteiger partial charge on any atom is 0.416 e. The summed E-state index contributed by atoms with van der Waals surface area (Å²) in [5.74, 6) is -0.579. The van der Waals surface area contributed by atoms with Crippen LogP contribution in [0.15, 0.2) is 30.3 Å². The molecular weight excluding hydrogens is 233 g/mol. The molecule has 2 nitrogen and oxygen atoms in total. The van der Waals surface area contributed by atoms with Crippen molar-refractivity contribution in [2.24, 2.45) is 0 Å². The Labute approximate surface area is 96.7 Å². The fourth-order valence-electron chi connectivity index (χ4n) is 1.17. The Hall–Kier alpha value is -1.78. The molecule has 0 saturated heterocycles. The van der Waals surface area contributed by atoms with Gasteiger partial charge in [0.2, 0.25) is 0 Å². The molecule has 17 heavy (non-hydrogen) atoms. The topological polar surface area (TPSA) is 26.3 Å². The molecule has 0 heterocycles. The molecule has 0 aliphatic rings. The minimum atomic E-state index is -4.38. The number of carbonyl (C=O) groups excluding carboxylic acids is 1. The van der Waals surface area contributed by atoms with Crippen molar-refractivity contribution in [3.05, 3.63) is 41.5 Å². The number of halogens is 3. The monoisotopic (exact) mass is 244 g/mol. The van der Waals surface area contributed by atoms with Gasteiger partial charge in [-0.1, -0.05) is 12.1 Å². The van der Waals surface area contributed by atoms with E-state index >= 15 is 0 Å². The first kappa shape index (κ1) is 13.3. The van der Waals surface area contributed by atoms with Crippen LogP contribution in [0.5, 0.6) is 0 Å². The molecule has 0 unspecified atom stereocenters. The van der Waals surface area contributed by atoms with Gasteiger partial charge in [-0.2, -0.15) is 13.2 Å². The molecule has 0 spiro atoms. The van der Waals surface area contributed by atoms with Gasteiger partial charge in [0.15, 0.2) is 0 Å². The van der Waals surface area contributed by atoms with Gasteiger partial charge in [-0.05, 0) is 30.7 Å². The Balaban J connectivity index is 2.83. The van der Waals surface area contributed by atoms with Crippen molar-refractivity contribution >= 4 is 12.0 Å². The van der Waals surface area contributed by atoms with Crippen LogP contribution in [0.2, 0.25) is 0 Å². The van der Waals surface area contributed by atoms with Gasteiger partial charge in [-0.15, -0.1) is 0 Å². The predicted molar refractivity (Wildman–Crippen MR) is 57.1 cm³/mol. The maximum absolute atomic E-state index is 12.4. The fourth-order valence-corrected chi connectivity index (χ4v) is 1.17. The van der Waals surface area contributed by atoms with E-state index in [0.29, 0.717) is 5.56 Å². The van der Waals surface area contributed by atoms with Gasteiger partial charge in [0.1, 0.15) is 0 Å². The third-order valence-corrected chi connectivity index (χ3v) is 1.91. The van der Waals surface area contributed by atoms with Gasteiger partial charge >= 0.3 is 12.1 Å². The van der Waals surface area contributed by atoms with Crippen LogP contribution in [0.25, 0.3) is 6.08 Å². The van der Waals surface area contributed by atoms with Crippen LogP contribution >= 0.6 is 0 Å². The van der Waals surface area contributed by atoms with E-state index in [2.05, 4.69) is 4.74 Å². The molecule has 1 aromatic carbocycles. The Morgan fingerprint density at radius 3 is 2.71 bits per heavy atom. The molecule has 5 heteroatoms. The average Bonchev–Trinajstić information content (AvgIpc) is 2.26. The van der Waals surface area contributed by atoms with Crippen molar-refractivity contribution in [2.75, 3.05) is 6.61 Å². The van der Waals surface area contributed by atoms with Crippen molar-refractivity contribution in [1.29, 1.82) is 0 Å². The van der Waals surface area contributed by atoms with Crippen molar-refractivity contribution in [2.45, 2.75) is 13.1 Å². The van der Waals surface area contributed by atoms with Crippen LogP contribution in [0, 0.1) is 0 Å². The lowest BCUT2D eigenvalue weighted by atomic mass is 10.1. The lowest BCUT2D eigenvalue weighted by molar-refractivity contribution is -0.138. The molecule has 0 radical (unpaired) electrons. The summed E-state index contributed by atoms with van der Waals surface area (Å²) in [4.78, 5) is 11.0. The van der Waals surface area contributed by atoms with Gasteiger partial charge in [0.25, 0.3) is 0 Å². The zero-order valence-corrected chi connectivity index (χ0v) is 9.12. The maximum atomic E-state index is 12.4. The average molecular weight is 244 g/mol. The normalized spacial score (nSPS) is 11.8. The highest BCUT2D eigenvalue weighted by Crippen LogP contribution is 2.29. The summed E-state index contributed by atoms with van der Waals surface area (Å²) in [5, 5.41) is 0. The Bertz CT molecular complexity index is 422. The number of ether oxygens (including phenoxy) is 1. The summed E-state index contributed by atoms with van der Waals surface area (Å²) < 4.78 is 41.7. The van der Waals surface area contributed by atoms with Gasteiger partial charge in [0.05, 0.1) is 12.2 Å². The SMILES string of the molecule is CCOC(=O)/C=C/c1cccc(C(F)(F)F)c1. The lowest BCUT2D eigenvalue weighted by Crippen LogP contribution is -2.04. The molecule has 0 aliphatic heterocycles. The molecule has 0 bridgehead atoms. The third-order valence-electron chi connectivity index (χ3n) is 1.91. The van der Waals surface area contributed by atoms with Crippen LogP contribution in [0.4, 0.5) is 13.2 Å². The number of alkyl halides is 3. The van der Waals surface area contributed by atoms with E-state index in [9.17, 15) is 18.0 Å². The van der Waals surface area contributed by atoms with E-state index < -0.39 is 17.7 Å². The van der Waals surface area contributed by atoms with E-state index in [1.807, 2.05) is 0 Å². The quantitative estimate of drug-likeness (QED) is 0.602. The van der Waals surface area contributed by atoms with Crippen molar-refractivity contribution in [3.8, 4) is 0 Å². The highest BCUT2D eigenvalue weighted by Gasteiger charge is 2.30. The summed E-state index contributed by atoms with van der Waals surface area (Å²) in [6.07, 6.45) is -2.00. The molecule has 0 aliphatic carbocycles. The van der Waals surface area contributed by atoms with E-state index in [1.54, 1.807) is 6.92 Å². The minimum absolute atomic E-state index is 0.228. The zero-order valence-electron chi connectivity index (χ0n) is 9.12. The molecule has 0 fully saturated rings. The van der Waals surface area contributed by atoms with E-state index in [1.165, 1.54) is 18.2 Å². The van der Waals surface area contributed by atoms with E-state index in [4.69, 9.17) is 0 Å². The minimum Gasteiger partial charge on any atom is -0.463 e. The predicted octanol–water partition coefficient (Wildman–Crippen LogP) is 3.28. The first-order chi connectivity index (χ1) is 7.93. The first-order valence-corrected chi connectivity index (χ1v) is 4.95. The number of hydrogen-bond acceptors (Lipinski definition) is 2. The second-order valence-corrected chi connectivity index (χ2v) is 3.21. The lowest BCUT2D eigenvalue weighted by Gasteiger charge is -2.06. The second kappa shape index (κ2) is 5.52. The van der Waals surface area contributed by atoms with Gasteiger partial charge in [-0.25, -0.2) is 4.79 Å².